The first kappa shape index (κ1) is 16.8. The molecule has 1 aliphatic heterocycles. The van der Waals surface area contributed by atoms with Crippen molar-refractivity contribution in [3.8, 4) is 0 Å². The Morgan fingerprint density at radius 1 is 1.27 bits per heavy atom. The molecule has 0 aromatic heterocycles. The molecule has 0 spiro atoms. The van der Waals surface area contributed by atoms with Crippen molar-refractivity contribution in [2.24, 2.45) is 5.92 Å². The van der Waals surface area contributed by atoms with E-state index in [-0.39, 0.29) is 18.2 Å². The van der Waals surface area contributed by atoms with Crippen LogP contribution in [0.15, 0.2) is 24.3 Å². The zero-order chi connectivity index (χ0) is 16.1. The Labute approximate surface area is 132 Å². The Kier molecular flexibility index (Phi) is 5.80. The zero-order valence-corrected chi connectivity index (χ0v) is 13.6. The number of aliphatic hydroxyl groups is 1. The number of rotatable bonds is 7. The molecule has 1 heterocycles. The van der Waals surface area contributed by atoms with Crippen molar-refractivity contribution in [1.29, 1.82) is 0 Å². The average Bonchev–Trinajstić information content (AvgIpc) is 2.90. The van der Waals surface area contributed by atoms with Gasteiger partial charge in [-0.05, 0) is 50.4 Å². The van der Waals surface area contributed by atoms with Gasteiger partial charge in [0.1, 0.15) is 6.61 Å². The van der Waals surface area contributed by atoms with E-state index in [9.17, 15) is 9.90 Å². The molecule has 122 valence electrons. The summed E-state index contributed by atoms with van der Waals surface area (Å²) in [4.78, 5) is 13.2. The van der Waals surface area contributed by atoms with Gasteiger partial charge in [0.2, 0.25) is 0 Å². The Bertz CT molecular complexity index is 487. The molecular formula is C17H26N2O3. The van der Waals surface area contributed by atoms with E-state index in [1.54, 1.807) is 4.90 Å². The van der Waals surface area contributed by atoms with E-state index in [1.165, 1.54) is 5.56 Å². The molecule has 0 saturated carbocycles. The standard InChI is InChI=1S/C17H26N2O3/c1-12(10-13(2)20)11-18-14(3)15-4-6-16(7-5-15)19-8-9-22-17(19)21/h4-7,12-14,18,20H,8-11H2,1-3H3. The summed E-state index contributed by atoms with van der Waals surface area (Å²) in [5.41, 5.74) is 2.06. The van der Waals surface area contributed by atoms with E-state index in [0.29, 0.717) is 19.1 Å². The molecule has 1 saturated heterocycles. The van der Waals surface area contributed by atoms with Crippen molar-refractivity contribution in [3.63, 3.8) is 0 Å². The summed E-state index contributed by atoms with van der Waals surface area (Å²) in [5, 5.41) is 12.9. The van der Waals surface area contributed by atoms with Crippen LogP contribution >= 0.6 is 0 Å². The van der Waals surface area contributed by atoms with Crippen LogP contribution in [-0.2, 0) is 4.74 Å². The summed E-state index contributed by atoms with van der Waals surface area (Å²) in [6, 6.07) is 8.23. The third kappa shape index (κ3) is 4.45. The van der Waals surface area contributed by atoms with Gasteiger partial charge in [-0.1, -0.05) is 19.1 Å². The van der Waals surface area contributed by atoms with Gasteiger partial charge >= 0.3 is 6.09 Å². The number of nitrogens with one attached hydrogen (secondary N) is 1. The number of aliphatic hydroxyl groups excluding tert-OH is 1. The zero-order valence-electron chi connectivity index (χ0n) is 13.6. The molecule has 22 heavy (non-hydrogen) atoms. The van der Waals surface area contributed by atoms with Gasteiger partial charge in [-0.25, -0.2) is 4.79 Å². The molecule has 0 radical (unpaired) electrons. The largest absolute Gasteiger partial charge is 0.447 e. The predicted octanol–water partition coefficient (Wildman–Crippen LogP) is 2.70. The summed E-state index contributed by atoms with van der Waals surface area (Å²) in [5.74, 6) is 0.432. The smallest absolute Gasteiger partial charge is 0.414 e. The number of anilines is 1. The number of carbonyl (C=O) groups is 1. The van der Waals surface area contributed by atoms with Gasteiger partial charge in [0.05, 0.1) is 12.6 Å². The lowest BCUT2D eigenvalue weighted by atomic mass is 10.0. The molecule has 0 aliphatic carbocycles. The van der Waals surface area contributed by atoms with Crippen molar-refractivity contribution in [1.82, 2.24) is 5.32 Å². The average molecular weight is 306 g/mol. The van der Waals surface area contributed by atoms with Crippen molar-refractivity contribution in [2.75, 3.05) is 24.6 Å². The molecule has 1 aromatic rings. The fourth-order valence-electron chi connectivity index (χ4n) is 2.73. The number of benzene rings is 1. The van der Waals surface area contributed by atoms with Gasteiger partial charge in [-0.2, -0.15) is 0 Å². The highest BCUT2D eigenvalue weighted by Crippen LogP contribution is 2.22. The normalized spacial score (nSPS) is 18.9. The quantitative estimate of drug-likeness (QED) is 0.813. The maximum Gasteiger partial charge on any atom is 0.414 e. The molecule has 1 aliphatic rings. The first-order valence-electron chi connectivity index (χ1n) is 7.93. The summed E-state index contributed by atoms with van der Waals surface area (Å²) in [7, 11) is 0. The highest BCUT2D eigenvalue weighted by molar-refractivity contribution is 5.89. The first-order valence-corrected chi connectivity index (χ1v) is 7.93. The number of hydrogen-bond acceptors (Lipinski definition) is 4. The number of cyclic esters (lactones) is 1. The van der Waals surface area contributed by atoms with Gasteiger partial charge in [0.15, 0.2) is 0 Å². The molecule has 2 N–H and O–H groups in total. The predicted molar refractivity (Wildman–Crippen MR) is 87.0 cm³/mol. The van der Waals surface area contributed by atoms with Crippen LogP contribution in [0.2, 0.25) is 0 Å². The lowest BCUT2D eigenvalue weighted by Gasteiger charge is -2.20. The van der Waals surface area contributed by atoms with E-state index in [0.717, 1.165) is 18.7 Å². The Balaban J connectivity index is 1.88. The fraction of sp³-hybridized carbons (Fsp3) is 0.588. The lowest BCUT2D eigenvalue weighted by Crippen LogP contribution is -2.26. The molecule has 0 bridgehead atoms. The minimum Gasteiger partial charge on any atom is -0.447 e. The molecule has 5 heteroatoms. The number of amides is 1. The third-order valence-corrected chi connectivity index (χ3v) is 3.98. The molecule has 3 unspecified atom stereocenters. The first-order chi connectivity index (χ1) is 10.5. The van der Waals surface area contributed by atoms with E-state index < -0.39 is 0 Å². The van der Waals surface area contributed by atoms with Crippen molar-refractivity contribution >= 4 is 11.8 Å². The summed E-state index contributed by atoms with van der Waals surface area (Å²) < 4.78 is 4.95. The number of ether oxygens (including phenoxy) is 1. The van der Waals surface area contributed by atoms with Gasteiger partial charge in [0.25, 0.3) is 0 Å². The number of carbonyl (C=O) groups excluding carboxylic acids is 1. The minimum absolute atomic E-state index is 0.232. The van der Waals surface area contributed by atoms with Crippen LogP contribution in [-0.4, -0.2) is 37.0 Å². The Morgan fingerprint density at radius 3 is 2.50 bits per heavy atom. The second-order valence-electron chi connectivity index (χ2n) is 6.18. The second kappa shape index (κ2) is 7.61. The van der Waals surface area contributed by atoms with Crippen molar-refractivity contribution in [3.05, 3.63) is 29.8 Å². The van der Waals surface area contributed by atoms with Gasteiger partial charge in [0, 0.05) is 11.7 Å². The molecule has 2 rings (SSSR count). The third-order valence-electron chi connectivity index (χ3n) is 3.98. The maximum absolute atomic E-state index is 11.5. The molecule has 1 amide bonds. The molecule has 1 fully saturated rings. The Hall–Kier alpha value is -1.59. The Morgan fingerprint density at radius 2 is 1.95 bits per heavy atom. The highest BCUT2D eigenvalue weighted by Gasteiger charge is 2.23. The molecule has 1 aromatic carbocycles. The minimum atomic E-state index is -0.272. The molecule has 5 nitrogen and oxygen atoms in total. The van der Waals surface area contributed by atoms with Gasteiger partial charge in [-0.3, -0.25) is 4.90 Å². The molecule has 3 atom stereocenters. The number of nitrogens with zero attached hydrogens (tertiary/aromatic N) is 1. The second-order valence-corrected chi connectivity index (χ2v) is 6.18. The van der Waals surface area contributed by atoms with Crippen molar-refractivity contribution in [2.45, 2.75) is 39.3 Å². The van der Waals surface area contributed by atoms with Crippen molar-refractivity contribution < 1.29 is 14.6 Å². The summed E-state index contributed by atoms with van der Waals surface area (Å²) in [6.45, 7) is 8.01. The SMILES string of the molecule is CC(O)CC(C)CNC(C)c1ccc(N2CCOC2=O)cc1. The van der Waals surface area contributed by atoms with Crippen LogP contribution in [0, 0.1) is 5.92 Å². The summed E-state index contributed by atoms with van der Waals surface area (Å²) >= 11 is 0. The molecular weight excluding hydrogens is 280 g/mol. The van der Waals surface area contributed by atoms with Crippen LogP contribution in [0.25, 0.3) is 0 Å². The van der Waals surface area contributed by atoms with Crippen LogP contribution in [0.5, 0.6) is 0 Å². The van der Waals surface area contributed by atoms with Gasteiger partial charge in [-0.15, -0.1) is 0 Å². The maximum atomic E-state index is 11.5. The van der Waals surface area contributed by atoms with E-state index in [2.05, 4.69) is 19.2 Å². The lowest BCUT2D eigenvalue weighted by molar-refractivity contribution is 0.162. The van der Waals surface area contributed by atoms with E-state index in [4.69, 9.17) is 4.74 Å². The summed E-state index contributed by atoms with van der Waals surface area (Å²) in [6.07, 6.45) is 0.271. The monoisotopic (exact) mass is 306 g/mol. The number of hydrogen-bond donors (Lipinski definition) is 2. The van der Waals surface area contributed by atoms with Crippen LogP contribution < -0.4 is 10.2 Å². The van der Waals surface area contributed by atoms with Crippen LogP contribution in [0.1, 0.15) is 38.8 Å². The fourth-order valence-corrected chi connectivity index (χ4v) is 2.73. The topological polar surface area (TPSA) is 61.8 Å². The van der Waals surface area contributed by atoms with E-state index in [1.807, 2.05) is 31.2 Å². The van der Waals surface area contributed by atoms with Crippen LogP contribution in [0.4, 0.5) is 10.5 Å². The highest BCUT2D eigenvalue weighted by atomic mass is 16.6. The van der Waals surface area contributed by atoms with Gasteiger partial charge < -0.3 is 15.2 Å². The van der Waals surface area contributed by atoms with E-state index >= 15 is 0 Å². The van der Waals surface area contributed by atoms with Crippen LogP contribution in [0.3, 0.4) is 0 Å².